The Kier molecular flexibility index (Phi) is 16.1. The normalized spacial score (nSPS) is 19.4. The van der Waals surface area contributed by atoms with Crippen LogP contribution >= 0.6 is 0 Å². The number of carboxylic acid groups (broad SMARTS) is 1. The minimum atomic E-state index is -1.28. The van der Waals surface area contributed by atoms with Crippen LogP contribution in [-0.2, 0) is 59.2 Å². The maximum Gasteiger partial charge on any atom is 0.325 e. The molecule has 0 fully saturated rings. The van der Waals surface area contributed by atoms with E-state index in [-0.39, 0.29) is 38.5 Å². The molecular weight excluding hydrogens is 813 g/mol. The fourth-order valence-corrected chi connectivity index (χ4v) is 7.27. The molecule has 5 aromatic carbocycles. The Hall–Kier alpha value is -7.61. The van der Waals surface area contributed by atoms with Gasteiger partial charge in [0.2, 0.25) is 35.4 Å². The largest absolute Gasteiger partial charge is 0.480 e. The highest BCUT2D eigenvalue weighted by molar-refractivity contribution is 5.97. The lowest BCUT2D eigenvalue weighted by atomic mass is 9.98. The quantitative estimate of drug-likeness (QED) is 0.0951. The van der Waals surface area contributed by atoms with Crippen molar-refractivity contribution in [2.24, 2.45) is 0 Å². The van der Waals surface area contributed by atoms with Gasteiger partial charge in [-0.25, -0.2) is 0 Å². The fraction of sp³-hybridized carbons (Fsp3) is 0.260. The highest BCUT2D eigenvalue weighted by atomic mass is 16.4. The number of nitrogens with one attached hydrogen (secondary N) is 6. The Balaban J connectivity index is 1.36. The molecule has 2 bridgehead atoms. The molecule has 2 aliphatic heterocycles. The third kappa shape index (κ3) is 13.7. The van der Waals surface area contributed by atoms with E-state index in [4.69, 9.17) is 0 Å². The van der Waals surface area contributed by atoms with E-state index in [1.54, 1.807) is 36.4 Å². The van der Waals surface area contributed by atoms with E-state index in [1.807, 2.05) is 103 Å². The zero-order valence-corrected chi connectivity index (χ0v) is 35.4. The van der Waals surface area contributed by atoms with Crippen LogP contribution in [0.3, 0.4) is 0 Å². The first-order valence-electron chi connectivity index (χ1n) is 21.2. The van der Waals surface area contributed by atoms with Crippen LogP contribution in [0.25, 0.3) is 11.1 Å². The number of fused-ring (bicyclic) bond motifs is 18. The lowest BCUT2D eigenvalue weighted by molar-refractivity contribution is -0.141. The third-order valence-corrected chi connectivity index (χ3v) is 10.9. The van der Waals surface area contributed by atoms with Gasteiger partial charge in [0.25, 0.3) is 0 Å². The van der Waals surface area contributed by atoms with Crippen molar-refractivity contribution in [2.75, 3.05) is 5.32 Å². The van der Waals surface area contributed by atoms with E-state index < -0.39 is 71.6 Å². The van der Waals surface area contributed by atoms with Gasteiger partial charge >= 0.3 is 5.97 Å². The number of aryl methyl sites for hydroxylation is 1. The van der Waals surface area contributed by atoms with E-state index >= 15 is 0 Å². The third-order valence-electron chi connectivity index (χ3n) is 10.9. The zero-order valence-electron chi connectivity index (χ0n) is 35.4. The molecule has 6 amide bonds. The second kappa shape index (κ2) is 22.5. The summed E-state index contributed by atoms with van der Waals surface area (Å²) >= 11 is 0. The van der Waals surface area contributed by atoms with E-state index in [1.165, 1.54) is 6.92 Å². The molecule has 7 rings (SSSR count). The predicted octanol–water partition coefficient (Wildman–Crippen LogP) is 4.28. The summed E-state index contributed by atoms with van der Waals surface area (Å²) in [6.07, 6.45) is 0.0126. The van der Waals surface area contributed by atoms with Gasteiger partial charge in [0.05, 0.1) is 0 Å². The number of benzene rings is 5. The Morgan fingerprint density at radius 1 is 0.578 bits per heavy atom. The summed E-state index contributed by atoms with van der Waals surface area (Å²) in [4.78, 5) is 95.2. The van der Waals surface area contributed by atoms with Crippen LogP contribution in [0.5, 0.6) is 0 Å². The summed E-state index contributed by atoms with van der Waals surface area (Å²) in [6.45, 7) is 1.30. The van der Waals surface area contributed by atoms with E-state index in [0.29, 0.717) is 23.2 Å². The molecule has 0 saturated carbocycles. The van der Waals surface area contributed by atoms with Gasteiger partial charge in [0, 0.05) is 37.8 Å². The number of amides is 6. The number of hydrogen-bond acceptors (Lipinski definition) is 7. The first kappa shape index (κ1) is 45.9. The summed E-state index contributed by atoms with van der Waals surface area (Å²) in [5.41, 5.74) is 5.23. The van der Waals surface area contributed by atoms with Crippen molar-refractivity contribution >= 4 is 47.1 Å². The van der Waals surface area contributed by atoms with Gasteiger partial charge in [-0.15, -0.1) is 0 Å². The summed E-state index contributed by atoms with van der Waals surface area (Å²) in [6, 6.07) is 35.9. The van der Waals surface area contributed by atoms with Crippen molar-refractivity contribution in [1.29, 1.82) is 0 Å². The molecule has 14 nitrogen and oxygen atoms in total. The molecule has 0 spiro atoms. The molecule has 330 valence electrons. The molecule has 0 unspecified atom stereocenters. The van der Waals surface area contributed by atoms with Crippen LogP contribution in [0.2, 0.25) is 0 Å². The van der Waals surface area contributed by atoms with Crippen molar-refractivity contribution < 1.29 is 38.7 Å². The van der Waals surface area contributed by atoms with E-state index in [2.05, 4.69) is 31.9 Å². The number of carboxylic acids is 1. The summed E-state index contributed by atoms with van der Waals surface area (Å²) in [7, 11) is 0. The molecule has 2 heterocycles. The second-order valence-corrected chi connectivity index (χ2v) is 15.8. The average Bonchev–Trinajstić information content (AvgIpc) is 3.30. The second-order valence-electron chi connectivity index (χ2n) is 15.8. The number of rotatable bonds is 11. The van der Waals surface area contributed by atoms with Gasteiger partial charge in [0.1, 0.15) is 30.2 Å². The summed E-state index contributed by atoms with van der Waals surface area (Å²) in [5.74, 6) is -5.13. The van der Waals surface area contributed by atoms with Gasteiger partial charge in [-0.05, 0) is 65.3 Å². The minimum absolute atomic E-state index is 0.000226. The highest BCUT2D eigenvalue weighted by Crippen LogP contribution is 2.20. The predicted molar refractivity (Wildman–Crippen MR) is 241 cm³/mol. The Morgan fingerprint density at radius 3 is 1.69 bits per heavy atom. The molecule has 0 saturated heterocycles. The van der Waals surface area contributed by atoms with Crippen LogP contribution < -0.4 is 31.9 Å². The lowest BCUT2D eigenvalue weighted by Gasteiger charge is -2.27. The number of hydrogen-bond donors (Lipinski definition) is 7. The highest BCUT2D eigenvalue weighted by Gasteiger charge is 2.33. The number of aliphatic carboxylic acids is 1. The molecule has 7 N–H and O–H groups in total. The molecular formula is C50H52N6O8. The molecule has 0 radical (unpaired) electrons. The van der Waals surface area contributed by atoms with Crippen molar-refractivity contribution in [1.82, 2.24) is 26.6 Å². The number of anilines is 1. The first-order valence-corrected chi connectivity index (χ1v) is 21.2. The van der Waals surface area contributed by atoms with E-state index in [0.717, 1.165) is 22.3 Å². The van der Waals surface area contributed by atoms with Gasteiger partial charge in [-0.3, -0.25) is 33.6 Å². The fourth-order valence-electron chi connectivity index (χ4n) is 7.27. The molecule has 64 heavy (non-hydrogen) atoms. The van der Waals surface area contributed by atoms with Crippen LogP contribution in [0.1, 0.15) is 48.4 Å². The van der Waals surface area contributed by atoms with E-state index in [9.17, 15) is 38.7 Å². The van der Waals surface area contributed by atoms with Crippen LogP contribution in [0.4, 0.5) is 5.69 Å². The van der Waals surface area contributed by atoms with Crippen LogP contribution in [0.15, 0.2) is 140 Å². The number of carbonyl (C=O) groups excluding carboxylic acids is 6. The van der Waals surface area contributed by atoms with Crippen LogP contribution in [0, 0.1) is 0 Å². The molecule has 0 aliphatic carbocycles. The molecule has 2 aliphatic rings. The Labute approximate surface area is 371 Å². The topological polar surface area (TPSA) is 212 Å². The standard InChI is InChI=1S/C50H52N6O8/c1-32(50(63)64)51-47(60)42-31-36-19-24-39(25-20-36)52-44(57)27-28-45(58)53-41(29-34-13-7-3-8-14-34)48(61)56-43(30-35-17-22-38(23-18-35)37-15-9-4-10-16-37)49(62)54-40(46(59)55-42)26-21-33-11-5-2-6-12-33/h2-20,22-25,32,40-43H,21,26-31H2,1H3,(H,51,60)(H,52,57)(H,53,58)(H,54,62)(H,55,59)(H,56,61)(H,63,64)/t32-,40-,41-,42+,43+/m1/s1. The van der Waals surface area contributed by atoms with Gasteiger partial charge in [0.15, 0.2) is 0 Å². The summed E-state index contributed by atoms with van der Waals surface area (Å²) in [5, 5.41) is 26.0. The maximum atomic E-state index is 14.6. The van der Waals surface area contributed by atoms with Gasteiger partial charge in [-0.1, -0.05) is 127 Å². The Bertz CT molecular complexity index is 2400. The molecule has 5 aromatic rings. The smallest absolute Gasteiger partial charge is 0.325 e. The zero-order chi connectivity index (χ0) is 45.4. The molecule has 0 aromatic heterocycles. The monoisotopic (exact) mass is 864 g/mol. The lowest BCUT2D eigenvalue weighted by Crippen LogP contribution is -2.59. The number of carbonyl (C=O) groups is 7. The first-order chi connectivity index (χ1) is 30.9. The molecule has 14 heteroatoms. The van der Waals surface area contributed by atoms with Crippen molar-refractivity contribution in [3.8, 4) is 11.1 Å². The summed E-state index contributed by atoms with van der Waals surface area (Å²) < 4.78 is 0. The molecule has 5 atom stereocenters. The van der Waals surface area contributed by atoms with Crippen molar-refractivity contribution in [3.05, 3.63) is 162 Å². The van der Waals surface area contributed by atoms with Crippen molar-refractivity contribution in [2.45, 2.75) is 82.1 Å². The average molecular weight is 865 g/mol. The minimum Gasteiger partial charge on any atom is -0.480 e. The maximum absolute atomic E-state index is 14.6. The van der Waals surface area contributed by atoms with Crippen molar-refractivity contribution in [3.63, 3.8) is 0 Å². The Morgan fingerprint density at radius 2 is 1.08 bits per heavy atom. The van der Waals surface area contributed by atoms with Gasteiger partial charge in [-0.2, -0.15) is 0 Å². The SMILES string of the molecule is C[C@@H](NC(=O)[C@@H]1Cc2ccc(cc2)NC(=O)CCC(=O)N[C@H](Cc2ccccc2)C(=O)N[C@@H](Cc2ccc(-c3ccccc3)cc2)C(=O)N[C@H](CCc2ccccc2)C(=O)N1)C(=O)O. The van der Waals surface area contributed by atoms with Gasteiger partial charge < -0.3 is 37.0 Å². The van der Waals surface area contributed by atoms with Crippen LogP contribution in [-0.4, -0.2) is 76.7 Å².